The lowest BCUT2D eigenvalue weighted by Gasteiger charge is -2.05. The van der Waals surface area contributed by atoms with Crippen molar-refractivity contribution in [2.45, 2.75) is 6.54 Å². The number of pyridine rings is 1. The van der Waals surface area contributed by atoms with Crippen LogP contribution in [0.3, 0.4) is 0 Å². The highest BCUT2D eigenvalue weighted by molar-refractivity contribution is 9.10. The molecule has 0 aliphatic rings. The summed E-state index contributed by atoms with van der Waals surface area (Å²) in [5, 5.41) is 4.13. The van der Waals surface area contributed by atoms with Crippen molar-refractivity contribution in [3.05, 3.63) is 40.9 Å². The van der Waals surface area contributed by atoms with Gasteiger partial charge in [0.15, 0.2) is 5.75 Å². The monoisotopic (exact) mass is 267 g/mol. The Labute approximate surface area is 96.0 Å². The molecule has 0 bridgehead atoms. The third-order valence-corrected chi connectivity index (χ3v) is 2.58. The molecular weight excluding hydrogens is 258 g/mol. The van der Waals surface area contributed by atoms with Crippen LogP contribution < -0.4 is 4.74 Å². The second-order valence-corrected chi connectivity index (χ2v) is 3.79. The fraction of sp³-hybridized carbons (Fsp3) is 0.200. The highest BCUT2D eigenvalue weighted by Gasteiger charge is 2.03. The Hall–Kier alpha value is -1.36. The van der Waals surface area contributed by atoms with Crippen LogP contribution in [0.1, 0.15) is 5.56 Å². The summed E-state index contributed by atoms with van der Waals surface area (Å²) in [4.78, 5) is 4.18. The zero-order valence-corrected chi connectivity index (χ0v) is 9.81. The minimum absolute atomic E-state index is 0.698. The number of nitrogens with zero attached hydrogens (tertiary/aromatic N) is 3. The SMILES string of the molecule is COc1cc(Cn2cccn2)cnc1Br. The highest BCUT2D eigenvalue weighted by Crippen LogP contribution is 2.22. The Morgan fingerprint density at radius 1 is 1.53 bits per heavy atom. The zero-order chi connectivity index (χ0) is 10.7. The third kappa shape index (κ3) is 2.36. The summed E-state index contributed by atoms with van der Waals surface area (Å²) in [6.07, 6.45) is 5.46. The summed E-state index contributed by atoms with van der Waals surface area (Å²) in [5.41, 5.74) is 1.05. The van der Waals surface area contributed by atoms with Crippen LogP contribution in [-0.4, -0.2) is 21.9 Å². The summed E-state index contributed by atoms with van der Waals surface area (Å²) in [6, 6.07) is 3.84. The first-order valence-corrected chi connectivity index (χ1v) is 5.25. The van der Waals surface area contributed by atoms with E-state index in [1.54, 1.807) is 19.5 Å². The number of aromatic nitrogens is 3. The summed E-state index contributed by atoms with van der Waals surface area (Å²) in [6.45, 7) is 0.698. The Balaban J connectivity index is 2.22. The molecule has 15 heavy (non-hydrogen) atoms. The molecule has 4 nitrogen and oxygen atoms in total. The topological polar surface area (TPSA) is 39.9 Å². The molecule has 0 atom stereocenters. The molecule has 0 aromatic carbocycles. The molecule has 2 aromatic heterocycles. The standard InChI is InChI=1S/C10H10BrN3O/c1-15-9-5-8(6-12-10(9)11)7-14-4-2-3-13-14/h2-6H,7H2,1H3. The molecular formula is C10H10BrN3O. The van der Waals surface area contributed by atoms with Crippen molar-refractivity contribution in [2.24, 2.45) is 0 Å². The normalized spacial score (nSPS) is 10.3. The molecule has 0 N–H and O–H groups in total. The van der Waals surface area contributed by atoms with Gasteiger partial charge >= 0.3 is 0 Å². The minimum Gasteiger partial charge on any atom is -0.494 e. The van der Waals surface area contributed by atoms with Crippen molar-refractivity contribution in [1.82, 2.24) is 14.8 Å². The maximum atomic E-state index is 5.17. The number of rotatable bonds is 3. The van der Waals surface area contributed by atoms with Crippen LogP contribution in [0.5, 0.6) is 5.75 Å². The van der Waals surface area contributed by atoms with Gasteiger partial charge in [0.05, 0.1) is 13.7 Å². The smallest absolute Gasteiger partial charge is 0.151 e. The second kappa shape index (κ2) is 4.44. The van der Waals surface area contributed by atoms with Crippen LogP contribution >= 0.6 is 15.9 Å². The van der Waals surface area contributed by atoms with E-state index in [1.165, 1.54) is 0 Å². The van der Waals surface area contributed by atoms with E-state index in [9.17, 15) is 0 Å². The van der Waals surface area contributed by atoms with E-state index in [0.29, 0.717) is 11.1 Å². The Morgan fingerprint density at radius 3 is 3.07 bits per heavy atom. The average molecular weight is 268 g/mol. The maximum absolute atomic E-state index is 5.17. The van der Waals surface area contributed by atoms with Gasteiger partial charge in [-0.05, 0) is 33.6 Å². The van der Waals surface area contributed by atoms with Crippen LogP contribution in [0.2, 0.25) is 0 Å². The van der Waals surface area contributed by atoms with Crippen molar-refractivity contribution in [1.29, 1.82) is 0 Å². The molecule has 2 rings (SSSR count). The minimum atomic E-state index is 0.698. The van der Waals surface area contributed by atoms with Crippen LogP contribution in [0.15, 0.2) is 35.3 Å². The molecule has 0 saturated carbocycles. The van der Waals surface area contributed by atoms with Gasteiger partial charge < -0.3 is 4.74 Å². The number of halogens is 1. The number of hydrogen-bond donors (Lipinski definition) is 0. The van der Waals surface area contributed by atoms with E-state index in [0.717, 1.165) is 11.3 Å². The maximum Gasteiger partial charge on any atom is 0.151 e. The van der Waals surface area contributed by atoms with Gasteiger partial charge in [0.1, 0.15) is 4.60 Å². The number of methoxy groups -OCH3 is 1. The molecule has 0 aliphatic carbocycles. The average Bonchev–Trinajstić information content (AvgIpc) is 2.73. The van der Waals surface area contributed by atoms with E-state index in [2.05, 4.69) is 26.0 Å². The predicted molar refractivity (Wildman–Crippen MR) is 59.8 cm³/mol. The van der Waals surface area contributed by atoms with E-state index < -0.39 is 0 Å². The molecule has 78 valence electrons. The van der Waals surface area contributed by atoms with Gasteiger partial charge in [-0.2, -0.15) is 5.10 Å². The van der Waals surface area contributed by atoms with Gasteiger partial charge in [0, 0.05) is 18.6 Å². The molecule has 0 spiro atoms. The van der Waals surface area contributed by atoms with E-state index >= 15 is 0 Å². The van der Waals surface area contributed by atoms with E-state index in [1.807, 2.05) is 23.0 Å². The fourth-order valence-corrected chi connectivity index (χ4v) is 1.66. The van der Waals surface area contributed by atoms with Crippen molar-refractivity contribution in [2.75, 3.05) is 7.11 Å². The van der Waals surface area contributed by atoms with Crippen LogP contribution in [0.4, 0.5) is 0 Å². The first-order chi connectivity index (χ1) is 7.29. The molecule has 0 unspecified atom stereocenters. The van der Waals surface area contributed by atoms with Gasteiger partial charge in [-0.1, -0.05) is 0 Å². The Bertz CT molecular complexity index is 442. The summed E-state index contributed by atoms with van der Waals surface area (Å²) in [7, 11) is 1.62. The van der Waals surface area contributed by atoms with Gasteiger partial charge in [-0.15, -0.1) is 0 Å². The van der Waals surface area contributed by atoms with Gasteiger partial charge in [0.25, 0.3) is 0 Å². The zero-order valence-electron chi connectivity index (χ0n) is 8.22. The quantitative estimate of drug-likeness (QED) is 0.800. The predicted octanol–water partition coefficient (Wildman–Crippen LogP) is 2.10. The van der Waals surface area contributed by atoms with Crippen LogP contribution in [0.25, 0.3) is 0 Å². The summed E-state index contributed by atoms with van der Waals surface area (Å²) >= 11 is 3.31. The van der Waals surface area contributed by atoms with Gasteiger partial charge in [-0.25, -0.2) is 4.98 Å². The number of hydrogen-bond acceptors (Lipinski definition) is 3. The molecule has 0 saturated heterocycles. The summed E-state index contributed by atoms with van der Waals surface area (Å²) in [5.74, 6) is 0.736. The van der Waals surface area contributed by atoms with Crippen molar-refractivity contribution in [3.63, 3.8) is 0 Å². The molecule has 0 fully saturated rings. The Morgan fingerprint density at radius 2 is 2.40 bits per heavy atom. The first-order valence-electron chi connectivity index (χ1n) is 4.45. The molecule has 0 aliphatic heterocycles. The van der Waals surface area contributed by atoms with Crippen LogP contribution in [0, 0.1) is 0 Å². The second-order valence-electron chi connectivity index (χ2n) is 3.04. The van der Waals surface area contributed by atoms with Crippen molar-refractivity contribution < 1.29 is 4.74 Å². The first kappa shape index (κ1) is 10.2. The highest BCUT2D eigenvalue weighted by atomic mass is 79.9. The lowest BCUT2D eigenvalue weighted by Crippen LogP contribution is -2.01. The number of ether oxygens (including phenoxy) is 1. The van der Waals surface area contributed by atoms with Gasteiger partial charge in [0.2, 0.25) is 0 Å². The van der Waals surface area contributed by atoms with Crippen molar-refractivity contribution >= 4 is 15.9 Å². The lowest BCUT2D eigenvalue weighted by atomic mass is 10.3. The van der Waals surface area contributed by atoms with Crippen LogP contribution in [-0.2, 0) is 6.54 Å². The van der Waals surface area contributed by atoms with Gasteiger partial charge in [-0.3, -0.25) is 4.68 Å². The van der Waals surface area contributed by atoms with E-state index in [-0.39, 0.29) is 0 Å². The molecule has 5 heteroatoms. The third-order valence-electron chi connectivity index (χ3n) is 1.99. The Kier molecular flexibility index (Phi) is 3.01. The molecule has 2 aromatic rings. The lowest BCUT2D eigenvalue weighted by molar-refractivity contribution is 0.409. The summed E-state index contributed by atoms with van der Waals surface area (Å²) < 4.78 is 7.72. The molecule has 2 heterocycles. The van der Waals surface area contributed by atoms with E-state index in [4.69, 9.17) is 4.74 Å². The fourth-order valence-electron chi connectivity index (χ4n) is 1.28. The molecule has 0 radical (unpaired) electrons. The van der Waals surface area contributed by atoms with Crippen molar-refractivity contribution in [3.8, 4) is 5.75 Å². The molecule has 0 amide bonds. The largest absolute Gasteiger partial charge is 0.494 e.